The zero-order valence-corrected chi connectivity index (χ0v) is 19.5. The summed E-state index contributed by atoms with van der Waals surface area (Å²) in [6.45, 7) is 2.33. The van der Waals surface area contributed by atoms with Crippen LogP contribution in [0.15, 0.2) is 29.2 Å². The SMILES string of the molecule is COc1ccc(S(=O)(=O)CCCC(=O)Nc2sc3c(c2C(N)=O)CCN(C(C)=O)C3)cc1. The third-order valence-electron chi connectivity index (χ3n) is 5.24. The zero-order valence-electron chi connectivity index (χ0n) is 17.8. The van der Waals surface area contributed by atoms with E-state index in [0.717, 1.165) is 10.4 Å². The maximum Gasteiger partial charge on any atom is 0.251 e. The Bertz CT molecular complexity index is 1140. The number of fused-ring (bicyclic) bond motifs is 1. The topological polar surface area (TPSA) is 136 Å². The van der Waals surface area contributed by atoms with Crippen LogP contribution in [0.4, 0.5) is 5.00 Å². The molecule has 172 valence electrons. The summed E-state index contributed by atoms with van der Waals surface area (Å²) >= 11 is 1.22. The van der Waals surface area contributed by atoms with Crippen molar-refractivity contribution >= 4 is 43.9 Å². The van der Waals surface area contributed by atoms with Gasteiger partial charge in [0.05, 0.1) is 29.9 Å². The molecule has 2 aromatic rings. The summed E-state index contributed by atoms with van der Waals surface area (Å²) in [5, 5.41) is 3.04. The summed E-state index contributed by atoms with van der Waals surface area (Å²) < 4.78 is 30.0. The molecule has 0 saturated carbocycles. The summed E-state index contributed by atoms with van der Waals surface area (Å²) in [5.74, 6) is -0.744. The minimum absolute atomic E-state index is 0.0320. The van der Waals surface area contributed by atoms with Crippen molar-refractivity contribution in [1.29, 1.82) is 0 Å². The Hall–Kier alpha value is -2.92. The molecule has 32 heavy (non-hydrogen) atoms. The molecular weight excluding hydrogens is 454 g/mol. The van der Waals surface area contributed by atoms with Gasteiger partial charge in [-0.2, -0.15) is 0 Å². The highest BCUT2D eigenvalue weighted by Crippen LogP contribution is 2.37. The Balaban J connectivity index is 1.63. The van der Waals surface area contributed by atoms with Gasteiger partial charge in [0.1, 0.15) is 10.8 Å². The molecule has 3 N–H and O–H groups in total. The van der Waals surface area contributed by atoms with Crippen molar-refractivity contribution in [3.05, 3.63) is 40.3 Å². The minimum atomic E-state index is -3.54. The number of methoxy groups -OCH3 is 1. The standard InChI is InChI=1S/C21H25N3O6S2/c1-13(25)24-10-9-16-17(12-24)31-21(19(16)20(22)27)23-18(26)4-3-11-32(28,29)15-7-5-14(30-2)6-8-15/h5-8H,3-4,9-12H2,1-2H3,(H2,22,27)(H,23,26). The van der Waals surface area contributed by atoms with Crippen molar-refractivity contribution in [3.8, 4) is 5.75 Å². The van der Waals surface area contributed by atoms with Gasteiger partial charge in [-0.1, -0.05) is 0 Å². The summed E-state index contributed by atoms with van der Waals surface area (Å²) in [5.41, 5.74) is 6.58. The lowest BCUT2D eigenvalue weighted by Gasteiger charge is -2.25. The zero-order chi connectivity index (χ0) is 23.5. The number of thiophene rings is 1. The summed E-state index contributed by atoms with van der Waals surface area (Å²) in [7, 11) is -2.04. The van der Waals surface area contributed by atoms with Gasteiger partial charge < -0.3 is 20.7 Å². The van der Waals surface area contributed by atoms with E-state index in [1.165, 1.54) is 37.5 Å². The van der Waals surface area contributed by atoms with Crippen molar-refractivity contribution in [2.75, 3.05) is 24.7 Å². The van der Waals surface area contributed by atoms with E-state index in [0.29, 0.717) is 30.3 Å². The Morgan fingerprint density at radius 2 is 1.91 bits per heavy atom. The van der Waals surface area contributed by atoms with Crippen LogP contribution in [0.1, 0.15) is 40.6 Å². The van der Waals surface area contributed by atoms with Crippen molar-refractivity contribution in [2.45, 2.75) is 37.6 Å². The van der Waals surface area contributed by atoms with Crippen LogP contribution in [-0.4, -0.2) is 50.4 Å². The Morgan fingerprint density at radius 1 is 1.22 bits per heavy atom. The van der Waals surface area contributed by atoms with Crippen molar-refractivity contribution in [2.24, 2.45) is 5.73 Å². The number of carbonyl (C=O) groups is 3. The first-order valence-electron chi connectivity index (χ1n) is 9.99. The number of hydrogen-bond acceptors (Lipinski definition) is 7. The predicted molar refractivity (Wildman–Crippen MR) is 121 cm³/mol. The van der Waals surface area contributed by atoms with Crippen molar-refractivity contribution in [3.63, 3.8) is 0 Å². The molecule has 1 aromatic heterocycles. The van der Waals surface area contributed by atoms with E-state index in [4.69, 9.17) is 10.5 Å². The lowest BCUT2D eigenvalue weighted by Crippen LogP contribution is -2.34. The van der Waals surface area contributed by atoms with Gasteiger partial charge in [0.2, 0.25) is 11.8 Å². The van der Waals surface area contributed by atoms with Gasteiger partial charge in [-0.25, -0.2) is 8.42 Å². The number of hydrogen-bond donors (Lipinski definition) is 2. The van der Waals surface area contributed by atoms with Crippen LogP contribution < -0.4 is 15.8 Å². The molecule has 0 unspecified atom stereocenters. The number of nitrogens with zero attached hydrogens (tertiary/aromatic N) is 1. The second kappa shape index (κ2) is 9.70. The molecular formula is C21H25N3O6S2. The van der Waals surface area contributed by atoms with Crippen LogP contribution in [0.5, 0.6) is 5.75 Å². The Kier molecular flexibility index (Phi) is 7.19. The van der Waals surface area contributed by atoms with Gasteiger partial charge >= 0.3 is 0 Å². The van der Waals surface area contributed by atoms with Gasteiger partial charge in [-0.3, -0.25) is 14.4 Å². The predicted octanol–water partition coefficient (Wildman–Crippen LogP) is 1.95. The number of sulfone groups is 1. The average Bonchev–Trinajstić information content (AvgIpc) is 3.10. The van der Waals surface area contributed by atoms with Crippen LogP contribution in [0.3, 0.4) is 0 Å². The molecule has 2 heterocycles. The van der Waals surface area contributed by atoms with Gasteiger partial charge in [-0.05, 0) is 42.7 Å². The second-order valence-electron chi connectivity index (χ2n) is 7.41. The maximum absolute atomic E-state index is 12.5. The third kappa shape index (κ3) is 5.28. The number of amides is 3. The van der Waals surface area contributed by atoms with E-state index in [-0.39, 0.29) is 35.0 Å². The fourth-order valence-corrected chi connectivity index (χ4v) is 6.13. The summed E-state index contributed by atoms with van der Waals surface area (Å²) in [4.78, 5) is 38.8. The normalized spacial score (nSPS) is 13.4. The average molecular weight is 480 g/mol. The van der Waals surface area contributed by atoms with E-state index >= 15 is 0 Å². The van der Waals surface area contributed by atoms with E-state index in [9.17, 15) is 22.8 Å². The molecule has 0 saturated heterocycles. The molecule has 9 nitrogen and oxygen atoms in total. The van der Waals surface area contributed by atoms with Crippen LogP contribution in [0.2, 0.25) is 0 Å². The highest BCUT2D eigenvalue weighted by molar-refractivity contribution is 7.91. The molecule has 0 radical (unpaired) electrons. The first kappa shape index (κ1) is 23.7. The molecule has 3 amide bonds. The Morgan fingerprint density at radius 3 is 2.50 bits per heavy atom. The van der Waals surface area contributed by atoms with Gasteiger partial charge in [0.25, 0.3) is 5.91 Å². The number of carbonyl (C=O) groups excluding carboxylic acids is 3. The van der Waals surface area contributed by atoms with Crippen LogP contribution >= 0.6 is 11.3 Å². The number of rotatable bonds is 8. The summed E-state index contributed by atoms with van der Waals surface area (Å²) in [6.07, 6.45) is 0.574. The minimum Gasteiger partial charge on any atom is -0.497 e. The van der Waals surface area contributed by atoms with Crippen molar-refractivity contribution < 1.29 is 27.5 Å². The molecule has 3 rings (SSSR count). The number of primary amides is 1. The van der Waals surface area contributed by atoms with Gasteiger partial charge in [-0.15, -0.1) is 11.3 Å². The number of anilines is 1. The second-order valence-corrected chi connectivity index (χ2v) is 10.6. The molecule has 11 heteroatoms. The van der Waals surface area contributed by atoms with Crippen LogP contribution in [0, 0.1) is 0 Å². The van der Waals surface area contributed by atoms with E-state index in [1.807, 2.05) is 0 Å². The molecule has 0 atom stereocenters. The number of benzene rings is 1. The highest BCUT2D eigenvalue weighted by atomic mass is 32.2. The lowest BCUT2D eigenvalue weighted by atomic mass is 10.0. The molecule has 0 bridgehead atoms. The maximum atomic E-state index is 12.5. The first-order chi connectivity index (χ1) is 15.1. The van der Waals surface area contributed by atoms with E-state index in [1.54, 1.807) is 17.0 Å². The molecule has 1 aliphatic rings. The number of ether oxygens (including phenoxy) is 1. The molecule has 0 aliphatic carbocycles. The quantitative estimate of drug-likeness (QED) is 0.594. The first-order valence-corrected chi connectivity index (χ1v) is 12.5. The van der Waals surface area contributed by atoms with Crippen molar-refractivity contribution in [1.82, 2.24) is 4.90 Å². The van der Waals surface area contributed by atoms with Crippen LogP contribution in [0.25, 0.3) is 0 Å². The monoisotopic (exact) mass is 479 g/mol. The smallest absolute Gasteiger partial charge is 0.251 e. The summed E-state index contributed by atoms with van der Waals surface area (Å²) in [6, 6.07) is 6.06. The van der Waals surface area contributed by atoms with Crippen LogP contribution in [-0.2, 0) is 32.4 Å². The fraction of sp³-hybridized carbons (Fsp3) is 0.381. The fourth-order valence-electron chi connectivity index (χ4n) is 3.53. The number of nitrogens with two attached hydrogens (primary N) is 1. The number of nitrogens with one attached hydrogen (secondary N) is 1. The van der Waals surface area contributed by atoms with Gasteiger partial charge in [0.15, 0.2) is 9.84 Å². The molecule has 1 aromatic carbocycles. The highest BCUT2D eigenvalue weighted by Gasteiger charge is 2.28. The molecule has 0 spiro atoms. The molecule has 0 fully saturated rings. The van der Waals surface area contributed by atoms with E-state index in [2.05, 4.69) is 5.32 Å². The molecule has 1 aliphatic heterocycles. The van der Waals surface area contributed by atoms with Gasteiger partial charge in [0, 0.05) is 24.8 Å². The largest absolute Gasteiger partial charge is 0.497 e. The third-order valence-corrected chi connectivity index (χ3v) is 8.19. The van der Waals surface area contributed by atoms with E-state index < -0.39 is 21.7 Å². The lowest BCUT2D eigenvalue weighted by molar-refractivity contribution is -0.129. The Labute approximate surface area is 190 Å².